The Bertz CT molecular complexity index is 581. The molecule has 0 unspecified atom stereocenters. The number of aryl methyl sites for hydroxylation is 1. The zero-order chi connectivity index (χ0) is 13.7. The number of nitrogens with zero attached hydrogens (tertiary/aromatic N) is 1. The largest absolute Gasteiger partial charge is 0.366 e. The number of carbonyl (C=O) groups excluding carboxylic acids is 1. The molecule has 0 bridgehead atoms. The van der Waals surface area contributed by atoms with Crippen LogP contribution in [0.15, 0.2) is 42.5 Å². The topological polar surface area (TPSA) is 54.0 Å². The maximum absolute atomic E-state index is 11.5. The van der Waals surface area contributed by atoms with E-state index >= 15 is 0 Å². The first-order chi connectivity index (χ1) is 9.19. The van der Waals surface area contributed by atoms with Gasteiger partial charge in [-0.15, -0.1) is 0 Å². The number of hydrogen-bond donors (Lipinski definition) is 2. The predicted molar refractivity (Wildman–Crippen MR) is 76.1 cm³/mol. The Morgan fingerprint density at radius 2 is 2.00 bits per heavy atom. The molecule has 2 rings (SSSR count). The van der Waals surface area contributed by atoms with Gasteiger partial charge < -0.3 is 10.6 Å². The van der Waals surface area contributed by atoms with Gasteiger partial charge in [-0.05, 0) is 36.8 Å². The minimum absolute atomic E-state index is 0.0736. The molecule has 0 fully saturated rings. The van der Waals surface area contributed by atoms with E-state index in [-0.39, 0.29) is 5.91 Å². The summed E-state index contributed by atoms with van der Waals surface area (Å²) < 4.78 is 0. The molecule has 1 heterocycles. The molecular weight excluding hydrogens is 238 g/mol. The maximum atomic E-state index is 11.5. The van der Waals surface area contributed by atoms with Gasteiger partial charge >= 0.3 is 0 Å². The Hall–Kier alpha value is -2.36. The molecule has 4 nitrogen and oxygen atoms in total. The van der Waals surface area contributed by atoms with Crippen LogP contribution in [-0.2, 0) is 6.54 Å². The molecule has 1 aromatic carbocycles. The van der Waals surface area contributed by atoms with Gasteiger partial charge in [0.15, 0.2) is 0 Å². The summed E-state index contributed by atoms with van der Waals surface area (Å²) in [6, 6.07) is 13.4. The number of pyridine rings is 1. The van der Waals surface area contributed by atoms with Crippen LogP contribution in [-0.4, -0.2) is 17.9 Å². The van der Waals surface area contributed by atoms with Crippen molar-refractivity contribution in [1.82, 2.24) is 10.3 Å². The molecule has 98 valence electrons. The lowest BCUT2D eigenvalue weighted by Crippen LogP contribution is -2.18. The van der Waals surface area contributed by atoms with Gasteiger partial charge in [-0.2, -0.15) is 0 Å². The van der Waals surface area contributed by atoms with Gasteiger partial charge in [0.1, 0.15) is 5.82 Å². The summed E-state index contributed by atoms with van der Waals surface area (Å²) in [5.41, 5.74) is 2.69. The lowest BCUT2D eigenvalue weighted by atomic mass is 10.1. The molecule has 0 aliphatic rings. The second-order valence-corrected chi connectivity index (χ2v) is 4.30. The number of rotatable bonds is 4. The van der Waals surface area contributed by atoms with Crippen LogP contribution < -0.4 is 10.6 Å². The van der Waals surface area contributed by atoms with Crippen molar-refractivity contribution in [3.8, 4) is 0 Å². The fraction of sp³-hybridized carbons (Fsp3) is 0.200. The minimum atomic E-state index is -0.0736. The molecule has 1 aromatic heterocycles. The SMILES string of the molecule is CNC(=O)c1cccc(CNc2cccc(C)n2)c1. The number of nitrogens with one attached hydrogen (secondary N) is 2. The number of hydrogen-bond acceptors (Lipinski definition) is 3. The predicted octanol–water partition coefficient (Wildman–Crippen LogP) is 2.36. The Morgan fingerprint density at radius 3 is 2.74 bits per heavy atom. The fourth-order valence-electron chi connectivity index (χ4n) is 1.80. The van der Waals surface area contributed by atoms with Crippen LogP contribution in [0.1, 0.15) is 21.6 Å². The summed E-state index contributed by atoms with van der Waals surface area (Å²) in [6.07, 6.45) is 0. The van der Waals surface area contributed by atoms with Gasteiger partial charge in [0.05, 0.1) is 0 Å². The van der Waals surface area contributed by atoms with Crippen LogP contribution >= 0.6 is 0 Å². The van der Waals surface area contributed by atoms with Gasteiger partial charge in [-0.25, -0.2) is 4.98 Å². The third-order valence-electron chi connectivity index (χ3n) is 2.78. The minimum Gasteiger partial charge on any atom is -0.366 e. The summed E-state index contributed by atoms with van der Waals surface area (Å²) in [4.78, 5) is 15.9. The molecule has 0 saturated heterocycles. The molecule has 2 N–H and O–H groups in total. The molecular formula is C15H17N3O. The summed E-state index contributed by atoms with van der Waals surface area (Å²) in [5.74, 6) is 0.765. The van der Waals surface area contributed by atoms with Crippen LogP contribution in [0.3, 0.4) is 0 Å². The molecule has 0 aliphatic carbocycles. The van der Waals surface area contributed by atoms with Crippen LogP contribution in [0.2, 0.25) is 0 Å². The second kappa shape index (κ2) is 6.00. The van der Waals surface area contributed by atoms with E-state index in [2.05, 4.69) is 15.6 Å². The lowest BCUT2D eigenvalue weighted by molar-refractivity contribution is 0.0963. The highest BCUT2D eigenvalue weighted by Gasteiger charge is 2.03. The zero-order valence-electron chi connectivity index (χ0n) is 11.1. The first-order valence-corrected chi connectivity index (χ1v) is 6.17. The van der Waals surface area contributed by atoms with E-state index in [0.717, 1.165) is 17.1 Å². The van der Waals surface area contributed by atoms with Crippen molar-refractivity contribution in [2.24, 2.45) is 0 Å². The van der Waals surface area contributed by atoms with Crippen LogP contribution in [0.25, 0.3) is 0 Å². The number of aromatic nitrogens is 1. The summed E-state index contributed by atoms with van der Waals surface area (Å²) in [5, 5.41) is 5.86. The summed E-state index contributed by atoms with van der Waals surface area (Å²) in [6.45, 7) is 2.60. The molecule has 2 aromatic rings. The molecule has 0 atom stereocenters. The van der Waals surface area contributed by atoms with E-state index < -0.39 is 0 Å². The van der Waals surface area contributed by atoms with Crippen molar-refractivity contribution < 1.29 is 4.79 Å². The van der Waals surface area contributed by atoms with Gasteiger partial charge in [0.25, 0.3) is 5.91 Å². The quantitative estimate of drug-likeness (QED) is 0.881. The average molecular weight is 255 g/mol. The zero-order valence-corrected chi connectivity index (χ0v) is 11.1. The molecule has 0 spiro atoms. The average Bonchev–Trinajstić information content (AvgIpc) is 2.45. The molecule has 0 radical (unpaired) electrons. The van der Waals surface area contributed by atoms with Crippen molar-refractivity contribution in [3.05, 3.63) is 59.3 Å². The number of carbonyl (C=O) groups is 1. The van der Waals surface area contributed by atoms with Crippen LogP contribution in [0, 0.1) is 6.92 Å². The molecule has 4 heteroatoms. The molecule has 1 amide bonds. The van der Waals surface area contributed by atoms with Crippen molar-refractivity contribution in [2.75, 3.05) is 12.4 Å². The molecule has 19 heavy (non-hydrogen) atoms. The standard InChI is InChI=1S/C15H17N3O/c1-11-5-3-8-14(18-11)17-10-12-6-4-7-13(9-12)15(19)16-2/h3-9H,10H2,1-2H3,(H,16,19)(H,17,18). The number of benzene rings is 1. The van der Waals surface area contributed by atoms with Crippen LogP contribution in [0.5, 0.6) is 0 Å². The third-order valence-corrected chi connectivity index (χ3v) is 2.78. The summed E-state index contributed by atoms with van der Waals surface area (Å²) >= 11 is 0. The van der Waals surface area contributed by atoms with Gasteiger partial charge in [-0.3, -0.25) is 4.79 Å². The fourth-order valence-corrected chi connectivity index (χ4v) is 1.80. The highest BCUT2D eigenvalue weighted by atomic mass is 16.1. The number of anilines is 1. The highest BCUT2D eigenvalue weighted by Crippen LogP contribution is 2.09. The monoisotopic (exact) mass is 255 g/mol. The number of amides is 1. The third kappa shape index (κ3) is 3.55. The normalized spacial score (nSPS) is 10.0. The van der Waals surface area contributed by atoms with E-state index in [1.807, 2.05) is 43.3 Å². The summed E-state index contributed by atoms with van der Waals surface area (Å²) in [7, 11) is 1.63. The molecule has 0 aliphatic heterocycles. The Kier molecular flexibility index (Phi) is 4.13. The van der Waals surface area contributed by atoms with Crippen molar-refractivity contribution >= 4 is 11.7 Å². The Balaban J connectivity index is 2.05. The van der Waals surface area contributed by atoms with E-state index in [9.17, 15) is 4.79 Å². The van der Waals surface area contributed by atoms with Gasteiger partial charge in [0, 0.05) is 24.8 Å². The first kappa shape index (κ1) is 13.1. The second-order valence-electron chi connectivity index (χ2n) is 4.30. The lowest BCUT2D eigenvalue weighted by Gasteiger charge is -2.07. The molecule has 0 saturated carbocycles. The maximum Gasteiger partial charge on any atom is 0.251 e. The highest BCUT2D eigenvalue weighted by molar-refractivity contribution is 5.94. The van der Waals surface area contributed by atoms with E-state index in [0.29, 0.717) is 12.1 Å². The van der Waals surface area contributed by atoms with E-state index in [1.165, 1.54) is 0 Å². The smallest absolute Gasteiger partial charge is 0.251 e. The van der Waals surface area contributed by atoms with Crippen molar-refractivity contribution in [3.63, 3.8) is 0 Å². The van der Waals surface area contributed by atoms with E-state index in [4.69, 9.17) is 0 Å². The van der Waals surface area contributed by atoms with Crippen molar-refractivity contribution in [2.45, 2.75) is 13.5 Å². The van der Waals surface area contributed by atoms with Crippen LogP contribution in [0.4, 0.5) is 5.82 Å². The Morgan fingerprint density at radius 1 is 1.21 bits per heavy atom. The van der Waals surface area contributed by atoms with Crippen molar-refractivity contribution in [1.29, 1.82) is 0 Å². The Labute approximate surface area is 112 Å². The van der Waals surface area contributed by atoms with E-state index in [1.54, 1.807) is 13.1 Å². The van der Waals surface area contributed by atoms with Gasteiger partial charge in [-0.1, -0.05) is 18.2 Å². The first-order valence-electron chi connectivity index (χ1n) is 6.17. The van der Waals surface area contributed by atoms with Gasteiger partial charge in [0.2, 0.25) is 0 Å².